The van der Waals surface area contributed by atoms with E-state index in [0.717, 1.165) is 39.0 Å². The molecule has 5 heteroatoms. The first-order valence-corrected chi connectivity index (χ1v) is 9.50. The van der Waals surface area contributed by atoms with E-state index in [1.165, 1.54) is 24.1 Å². The predicted molar refractivity (Wildman–Crippen MR) is 101 cm³/mol. The number of methoxy groups -OCH3 is 1. The number of hydrogen-bond donors (Lipinski definition) is 2. The molecule has 1 amide bonds. The van der Waals surface area contributed by atoms with Gasteiger partial charge in [-0.3, -0.25) is 4.79 Å². The molecule has 5 nitrogen and oxygen atoms in total. The number of carbonyl (C=O) groups excluding carboxylic acids is 1. The molecule has 2 fully saturated rings. The van der Waals surface area contributed by atoms with Crippen molar-refractivity contribution in [2.75, 3.05) is 44.8 Å². The SMILES string of the molecule is COCC1(C(=O)NC(C)c2cccc(N3CCCC3)c2)CCNCC1. The minimum Gasteiger partial charge on any atom is -0.384 e. The second-order valence-electron chi connectivity index (χ2n) is 7.45. The highest BCUT2D eigenvalue weighted by atomic mass is 16.5. The molecule has 138 valence electrons. The Labute approximate surface area is 151 Å². The van der Waals surface area contributed by atoms with Crippen molar-refractivity contribution >= 4 is 11.6 Å². The van der Waals surface area contributed by atoms with Crippen molar-refractivity contribution in [3.8, 4) is 0 Å². The Kier molecular flexibility index (Phi) is 5.97. The van der Waals surface area contributed by atoms with E-state index in [0.29, 0.717) is 6.61 Å². The summed E-state index contributed by atoms with van der Waals surface area (Å²) in [6.07, 6.45) is 4.19. The average molecular weight is 345 g/mol. The van der Waals surface area contributed by atoms with Crippen molar-refractivity contribution in [1.29, 1.82) is 0 Å². The number of ether oxygens (including phenoxy) is 1. The third-order valence-electron chi connectivity index (χ3n) is 5.65. The lowest BCUT2D eigenvalue weighted by Gasteiger charge is -2.36. The first kappa shape index (κ1) is 18.2. The quantitative estimate of drug-likeness (QED) is 0.832. The van der Waals surface area contributed by atoms with Crippen LogP contribution in [0.15, 0.2) is 24.3 Å². The zero-order chi connectivity index (χ0) is 17.7. The van der Waals surface area contributed by atoms with Gasteiger partial charge in [-0.1, -0.05) is 12.1 Å². The van der Waals surface area contributed by atoms with Crippen LogP contribution in [0.25, 0.3) is 0 Å². The molecule has 2 heterocycles. The maximum Gasteiger partial charge on any atom is 0.229 e. The summed E-state index contributed by atoms with van der Waals surface area (Å²) in [7, 11) is 1.68. The molecule has 25 heavy (non-hydrogen) atoms. The fourth-order valence-electron chi connectivity index (χ4n) is 4.02. The molecule has 0 aromatic heterocycles. The maximum atomic E-state index is 13.0. The Hall–Kier alpha value is -1.59. The van der Waals surface area contributed by atoms with Crippen LogP contribution in [-0.4, -0.2) is 45.8 Å². The standard InChI is InChI=1S/C20H31N3O2/c1-16(17-6-5-7-18(14-17)23-12-3-4-13-23)22-19(24)20(15-25-2)8-10-21-11-9-20/h5-7,14,16,21H,3-4,8-13,15H2,1-2H3,(H,22,24). The molecule has 1 unspecified atom stereocenters. The lowest BCUT2D eigenvalue weighted by atomic mass is 9.78. The van der Waals surface area contributed by atoms with Crippen molar-refractivity contribution in [3.63, 3.8) is 0 Å². The van der Waals surface area contributed by atoms with E-state index in [-0.39, 0.29) is 11.9 Å². The summed E-state index contributed by atoms with van der Waals surface area (Å²) in [6, 6.07) is 8.60. The second kappa shape index (κ2) is 8.19. The van der Waals surface area contributed by atoms with Gasteiger partial charge in [-0.05, 0) is 63.4 Å². The largest absolute Gasteiger partial charge is 0.384 e. The van der Waals surface area contributed by atoms with Crippen LogP contribution < -0.4 is 15.5 Å². The number of benzene rings is 1. The second-order valence-corrected chi connectivity index (χ2v) is 7.45. The third-order valence-corrected chi connectivity index (χ3v) is 5.65. The van der Waals surface area contributed by atoms with Crippen LogP contribution in [-0.2, 0) is 9.53 Å². The van der Waals surface area contributed by atoms with Crippen molar-refractivity contribution < 1.29 is 9.53 Å². The van der Waals surface area contributed by atoms with Gasteiger partial charge >= 0.3 is 0 Å². The van der Waals surface area contributed by atoms with Gasteiger partial charge in [0, 0.05) is 25.9 Å². The van der Waals surface area contributed by atoms with Crippen LogP contribution in [0.1, 0.15) is 44.2 Å². The number of carbonyl (C=O) groups is 1. The van der Waals surface area contributed by atoms with Gasteiger partial charge in [-0.2, -0.15) is 0 Å². The summed E-state index contributed by atoms with van der Waals surface area (Å²) in [5.41, 5.74) is 2.03. The van der Waals surface area contributed by atoms with E-state index >= 15 is 0 Å². The number of nitrogens with zero attached hydrogens (tertiary/aromatic N) is 1. The highest BCUT2D eigenvalue weighted by Gasteiger charge is 2.40. The fourth-order valence-corrected chi connectivity index (χ4v) is 4.02. The van der Waals surface area contributed by atoms with Gasteiger partial charge < -0.3 is 20.3 Å². The normalized spacial score (nSPS) is 21.1. The first-order chi connectivity index (χ1) is 12.1. The summed E-state index contributed by atoms with van der Waals surface area (Å²) < 4.78 is 5.38. The Balaban J connectivity index is 1.69. The molecule has 1 aromatic carbocycles. The van der Waals surface area contributed by atoms with Gasteiger partial charge in [0.25, 0.3) is 0 Å². The van der Waals surface area contributed by atoms with Crippen LogP contribution in [0.5, 0.6) is 0 Å². The number of amides is 1. The number of piperidine rings is 1. The Morgan fingerprint density at radius 2 is 2.04 bits per heavy atom. The van der Waals surface area contributed by atoms with E-state index in [9.17, 15) is 4.79 Å². The Morgan fingerprint density at radius 1 is 1.32 bits per heavy atom. The zero-order valence-corrected chi connectivity index (χ0v) is 15.5. The number of nitrogens with one attached hydrogen (secondary N) is 2. The molecule has 2 aliphatic rings. The van der Waals surface area contributed by atoms with Crippen LogP contribution in [0.3, 0.4) is 0 Å². The molecule has 0 saturated carbocycles. The molecule has 3 rings (SSSR count). The topological polar surface area (TPSA) is 53.6 Å². The first-order valence-electron chi connectivity index (χ1n) is 9.50. The van der Waals surface area contributed by atoms with Crippen molar-refractivity contribution in [2.24, 2.45) is 5.41 Å². The molecule has 1 atom stereocenters. The molecular weight excluding hydrogens is 314 g/mol. The average Bonchev–Trinajstić information content (AvgIpc) is 3.17. The van der Waals surface area contributed by atoms with Crippen LogP contribution >= 0.6 is 0 Å². The van der Waals surface area contributed by atoms with Gasteiger partial charge in [0.05, 0.1) is 18.1 Å². The van der Waals surface area contributed by atoms with E-state index < -0.39 is 5.41 Å². The van der Waals surface area contributed by atoms with Crippen molar-refractivity contribution in [3.05, 3.63) is 29.8 Å². The molecule has 1 aromatic rings. The predicted octanol–water partition coefficient (Wildman–Crippen LogP) is 2.48. The van der Waals surface area contributed by atoms with Crippen LogP contribution in [0.2, 0.25) is 0 Å². The number of anilines is 1. The summed E-state index contributed by atoms with van der Waals surface area (Å²) >= 11 is 0. The van der Waals surface area contributed by atoms with E-state index in [2.05, 4.69) is 46.7 Å². The Bertz CT molecular complexity index is 573. The fraction of sp³-hybridized carbons (Fsp3) is 0.650. The van der Waals surface area contributed by atoms with Gasteiger partial charge in [0.15, 0.2) is 0 Å². The molecule has 0 bridgehead atoms. The molecular formula is C20H31N3O2. The third kappa shape index (κ3) is 4.15. The summed E-state index contributed by atoms with van der Waals surface area (Å²) in [5.74, 6) is 0.120. The monoisotopic (exact) mass is 345 g/mol. The highest BCUT2D eigenvalue weighted by molar-refractivity contribution is 5.83. The molecule has 0 spiro atoms. The van der Waals surface area contributed by atoms with Gasteiger partial charge in [-0.25, -0.2) is 0 Å². The smallest absolute Gasteiger partial charge is 0.229 e. The molecule has 2 saturated heterocycles. The number of rotatable bonds is 6. The van der Waals surface area contributed by atoms with Crippen LogP contribution in [0, 0.1) is 5.41 Å². The number of hydrogen-bond acceptors (Lipinski definition) is 4. The van der Waals surface area contributed by atoms with E-state index in [1.54, 1.807) is 7.11 Å². The van der Waals surface area contributed by atoms with E-state index in [4.69, 9.17) is 4.74 Å². The molecule has 2 N–H and O–H groups in total. The minimum atomic E-state index is -0.402. The molecule has 2 aliphatic heterocycles. The van der Waals surface area contributed by atoms with Gasteiger partial charge in [0.1, 0.15) is 0 Å². The van der Waals surface area contributed by atoms with Gasteiger partial charge in [-0.15, -0.1) is 0 Å². The highest BCUT2D eigenvalue weighted by Crippen LogP contribution is 2.31. The summed E-state index contributed by atoms with van der Waals surface area (Å²) in [5, 5.41) is 6.58. The molecule has 0 aliphatic carbocycles. The van der Waals surface area contributed by atoms with E-state index in [1.807, 2.05) is 0 Å². The zero-order valence-electron chi connectivity index (χ0n) is 15.5. The summed E-state index contributed by atoms with van der Waals surface area (Å²) in [4.78, 5) is 15.4. The summed E-state index contributed by atoms with van der Waals surface area (Å²) in [6.45, 7) is 6.57. The molecule has 0 radical (unpaired) electrons. The Morgan fingerprint density at radius 3 is 2.72 bits per heavy atom. The van der Waals surface area contributed by atoms with Crippen LogP contribution in [0.4, 0.5) is 5.69 Å². The van der Waals surface area contributed by atoms with Crippen molar-refractivity contribution in [1.82, 2.24) is 10.6 Å². The maximum absolute atomic E-state index is 13.0. The van der Waals surface area contributed by atoms with Crippen molar-refractivity contribution in [2.45, 2.75) is 38.6 Å². The lowest BCUT2D eigenvalue weighted by molar-refractivity contribution is -0.136. The minimum absolute atomic E-state index is 0.00123. The van der Waals surface area contributed by atoms with Gasteiger partial charge in [0.2, 0.25) is 5.91 Å². The lowest BCUT2D eigenvalue weighted by Crippen LogP contribution is -2.50.